The molecule has 0 amide bonds. The van der Waals surface area contributed by atoms with Crippen LogP contribution >= 0.6 is 11.6 Å². The second-order valence-electron chi connectivity index (χ2n) is 1.87. The van der Waals surface area contributed by atoms with Crippen molar-refractivity contribution < 1.29 is 8.78 Å². The van der Waals surface area contributed by atoms with Gasteiger partial charge in [0.2, 0.25) is 5.13 Å². The van der Waals surface area contributed by atoms with E-state index in [9.17, 15) is 8.78 Å². The fourth-order valence-corrected chi connectivity index (χ4v) is 0.852. The molecule has 0 saturated heterocycles. The Kier molecular flexibility index (Phi) is 1.58. The fraction of sp³-hybridized carbons (Fsp3) is 0.333. The molecular weight excluding hydrogens is 146 g/mol. The first kappa shape index (κ1) is 6.75. The zero-order valence-corrected chi connectivity index (χ0v) is 5.33. The summed E-state index contributed by atoms with van der Waals surface area (Å²) < 4.78 is 24.6. The van der Waals surface area contributed by atoms with Gasteiger partial charge in [-0.05, 0) is 6.08 Å². The molecular formula is C6H5ClF2. The summed E-state index contributed by atoms with van der Waals surface area (Å²) in [5, 5.41) is -2.09. The Morgan fingerprint density at radius 3 is 2.67 bits per heavy atom. The molecule has 0 bridgehead atoms. The second-order valence-corrected chi connectivity index (χ2v) is 2.45. The van der Waals surface area contributed by atoms with E-state index in [4.69, 9.17) is 11.6 Å². The summed E-state index contributed by atoms with van der Waals surface area (Å²) in [5.74, 6) is -0.519. The average molecular weight is 151 g/mol. The maximum absolute atomic E-state index is 12.5. The molecule has 1 aliphatic carbocycles. The van der Waals surface area contributed by atoms with Crippen LogP contribution in [0.2, 0.25) is 0 Å². The summed E-state index contributed by atoms with van der Waals surface area (Å²) in [4.78, 5) is 0. The summed E-state index contributed by atoms with van der Waals surface area (Å²) in [6.07, 6.45) is 3.40. The van der Waals surface area contributed by atoms with Crippen LogP contribution < -0.4 is 0 Å². The highest BCUT2D eigenvalue weighted by molar-refractivity contribution is 6.25. The summed E-state index contributed by atoms with van der Waals surface area (Å²) in [5.41, 5.74) is 0. The van der Waals surface area contributed by atoms with Gasteiger partial charge in [0.15, 0.2) is 0 Å². The van der Waals surface area contributed by atoms with Crippen molar-refractivity contribution in [2.75, 3.05) is 0 Å². The average Bonchev–Trinajstić information content (AvgIpc) is 1.60. The van der Waals surface area contributed by atoms with Gasteiger partial charge < -0.3 is 0 Å². The van der Waals surface area contributed by atoms with Gasteiger partial charge in [0.05, 0.1) is 0 Å². The van der Waals surface area contributed by atoms with Gasteiger partial charge >= 0.3 is 0 Å². The van der Waals surface area contributed by atoms with Crippen molar-refractivity contribution >= 4 is 11.6 Å². The van der Waals surface area contributed by atoms with Gasteiger partial charge in [0, 0.05) is 12.5 Å². The lowest BCUT2D eigenvalue weighted by atomic mass is 10.2. The normalized spacial score (nSPS) is 34.3. The topological polar surface area (TPSA) is 0 Å². The van der Waals surface area contributed by atoms with Crippen molar-refractivity contribution in [3.05, 3.63) is 24.1 Å². The number of rotatable bonds is 0. The quantitative estimate of drug-likeness (QED) is 0.368. The maximum atomic E-state index is 12.5. The molecule has 50 valence electrons. The van der Waals surface area contributed by atoms with Crippen LogP contribution in [0.4, 0.5) is 8.78 Å². The molecule has 1 rings (SSSR count). The number of halogens is 3. The Balaban J connectivity index is 2.78. The number of alkyl halides is 2. The third kappa shape index (κ3) is 1.79. The lowest BCUT2D eigenvalue weighted by Crippen LogP contribution is -2.08. The van der Waals surface area contributed by atoms with E-state index in [2.05, 4.69) is 0 Å². The molecule has 1 unspecified atom stereocenters. The van der Waals surface area contributed by atoms with Gasteiger partial charge in [0.1, 0.15) is 5.83 Å². The largest absolute Gasteiger partial charge is 0.223 e. The van der Waals surface area contributed by atoms with Gasteiger partial charge in [-0.3, -0.25) is 0 Å². The zero-order chi connectivity index (χ0) is 6.91. The van der Waals surface area contributed by atoms with E-state index in [0.29, 0.717) is 0 Å². The molecule has 3 heteroatoms. The summed E-state index contributed by atoms with van der Waals surface area (Å²) in [6, 6.07) is 0. The Morgan fingerprint density at radius 2 is 2.33 bits per heavy atom. The van der Waals surface area contributed by atoms with Crippen LogP contribution in [0.15, 0.2) is 24.1 Å². The third-order valence-electron chi connectivity index (χ3n) is 1.00. The first-order chi connectivity index (χ1) is 4.10. The van der Waals surface area contributed by atoms with Crippen LogP contribution in [0.3, 0.4) is 0 Å². The molecule has 9 heavy (non-hydrogen) atoms. The van der Waals surface area contributed by atoms with Gasteiger partial charge in [-0.1, -0.05) is 17.7 Å². The molecule has 1 atom stereocenters. The number of hydrogen-bond acceptors (Lipinski definition) is 0. The molecule has 0 saturated carbocycles. The standard InChI is InChI=1S/C6H5ClF2/c7-6(9)3-1-2-5(8)4-6/h1,3-4H,2H2. The van der Waals surface area contributed by atoms with Crippen LogP contribution in [0.1, 0.15) is 6.42 Å². The molecule has 0 aromatic carbocycles. The number of hydrogen-bond donors (Lipinski definition) is 0. The Labute approximate surface area is 56.8 Å². The molecule has 0 fully saturated rings. The Hall–Kier alpha value is -0.370. The number of allylic oxidation sites excluding steroid dienone is 4. The Morgan fingerprint density at radius 1 is 1.67 bits per heavy atom. The van der Waals surface area contributed by atoms with Crippen molar-refractivity contribution in [1.29, 1.82) is 0 Å². The van der Waals surface area contributed by atoms with E-state index in [0.717, 1.165) is 12.2 Å². The summed E-state index contributed by atoms with van der Waals surface area (Å²) >= 11 is 5.10. The van der Waals surface area contributed by atoms with E-state index in [1.807, 2.05) is 0 Å². The van der Waals surface area contributed by atoms with E-state index >= 15 is 0 Å². The first-order valence-electron chi connectivity index (χ1n) is 2.53. The minimum absolute atomic E-state index is 0.151. The van der Waals surface area contributed by atoms with Gasteiger partial charge in [-0.15, -0.1) is 0 Å². The molecule has 0 aliphatic heterocycles. The molecule has 0 nitrogen and oxygen atoms in total. The van der Waals surface area contributed by atoms with Gasteiger partial charge in [0.25, 0.3) is 0 Å². The third-order valence-corrected chi connectivity index (χ3v) is 1.24. The van der Waals surface area contributed by atoms with Crippen LogP contribution in [-0.4, -0.2) is 5.13 Å². The lowest BCUT2D eigenvalue weighted by Gasteiger charge is -2.10. The van der Waals surface area contributed by atoms with E-state index in [1.54, 1.807) is 0 Å². The predicted octanol–water partition coefficient (Wildman–Crippen LogP) is 2.70. The van der Waals surface area contributed by atoms with E-state index < -0.39 is 11.0 Å². The lowest BCUT2D eigenvalue weighted by molar-refractivity contribution is 0.400. The van der Waals surface area contributed by atoms with Crippen molar-refractivity contribution in [3.8, 4) is 0 Å². The Bertz CT molecular complexity index is 170. The summed E-state index contributed by atoms with van der Waals surface area (Å²) in [6.45, 7) is 0. The molecule has 0 radical (unpaired) electrons. The van der Waals surface area contributed by atoms with Crippen LogP contribution in [0, 0.1) is 0 Å². The van der Waals surface area contributed by atoms with Crippen molar-refractivity contribution in [2.45, 2.75) is 11.5 Å². The molecule has 0 heterocycles. The molecule has 0 aromatic heterocycles. The highest BCUT2D eigenvalue weighted by Gasteiger charge is 2.22. The van der Waals surface area contributed by atoms with Crippen molar-refractivity contribution in [3.63, 3.8) is 0 Å². The van der Waals surface area contributed by atoms with E-state index in [1.165, 1.54) is 6.08 Å². The molecule has 1 aliphatic rings. The monoisotopic (exact) mass is 150 g/mol. The summed E-state index contributed by atoms with van der Waals surface area (Å²) in [7, 11) is 0. The minimum Gasteiger partial charge on any atom is -0.217 e. The van der Waals surface area contributed by atoms with Gasteiger partial charge in [-0.25, -0.2) is 8.78 Å². The predicted molar refractivity (Wildman–Crippen MR) is 32.6 cm³/mol. The van der Waals surface area contributed by atoms with Crippen molar-refractivity contribution in [1.82, 2.24) is 0 Å². The SMILES string of the molecule is FC1=CC(F)(Cl)C=CC1. The van der Waals surface area contributed by atoms with E-state index in [-0.39, 0.29) is 6.42 Å². The van der Waals surface area contributed by atoms with Crippen LogP contribution in [-0.2, 0) is 0 Å². The minimum atomic E-state index is -2.09. The smallest absolute Gasteiger partial charge is 0.217 e. The molecule has 0 aromatic rings. The fourth-order valence-electron chi connectivity index (χ4n) is 0.644. The maximum Gasteiger partial charge on any atom is 0.223 e. The first-order valence-corrected chi connectivity index (χ1v) is 2.91. The van der Waals surface area contributed by atoms with Crippen LogP contribution in [0.25, 0.3) is 0 Å². The van der Waals surface area contributed by atoms with Gasteiger partial charge in [-0.2, -0.15) is 0 Å². The molecule has 0 spiro atoms. The second kappa shape index (κ2) is 2.10. The highest BCUT2D eigenvalue weighted by atomic mass is 35.5. The molecule has 0 N–H and O–H groups in total. The van der Waals surface area contributed by atoms with Crippen molar-refractivity contribution in [2.24, 2.45) is 0 Å². The zero-order valence-electron chi connectivity index (χ0n) is 4.57. The highest BCUT2D eigenvalue weighted by Crippen LogP contribution is 2.28. The van der Waals surface area contributed by atoms with Crippen LogP contribution in [0.5, 0.6) is 0 Å².